The fraction of sp³-hybridized carbons (Fsp3) is 0.333. The molecule has 0 saturated heterocycles. The lowest BCUT2D eigenvalue weighted by Gasteiger charge is -2.30. The van der Waals surface area contributed by atoms with Crippen LogP contribution in [0.4, 0.5) is 0 Å². The molecular weight excluding hydrogens is 252 g/mol. The first-order valence-corrected chi connectivity index (χ1v) is 6.84. The van der Waals surface area contributed by atoms with E-state index in [2.05, 4.69) is 33.4 Å². The zero-order valence-electron chi connectivity index (χ0n) is 11.1. The standard InChI is InChI=1S/C15H16N4O/c16-14-18-15(9-20-14)5-3-10-7-11(1-2-12(10)8-15)13-4-6-17-19-13/h1-2,4,6-7H,3,5,8-9H2,(H2,16,18)(H,17,19). The molecule has 1 spiro atoms. The third kappa shape index (κ3) is 1.78. The first-order chi connectivity index (χ1) is 9.74. The molecule has 1 unspecified atom stereocenters. The maximum absolute atomic E-state index is 5.67. The van der Waals surface area contributed by atoms with Gasteiger partial charge in [-0.25, -0.2) is 4.99 Å². The van der Waals surface area contributed by atoms with Crippen LogP contribution in [0.2, 0.25) is 0 Å². The van der Waals surface area contributed by atoms with Gasteiger partial charge in [0.1, 0.15) is 12.1 Å². The number of benzene rings is 1. The van der Waals surface area contributed by atoms with Crippen LogP contribution in [0.15, 0.2) is 35.5 Å². The molecule has 1 atom stereocenters. The summed E-state index contributed by atoms with van der Waals surface area (Å²) in [4.78, 5) is 4.51. The molecule has 5 nitrogen and oxygen atoms in total. The molecule has 1 aromatic carbocycles. The minimum atomic E-state index is -0.132. The summed E-state index contributed by atoms with van der Waals surface area (Å²) >= 11 is 0. The molecule has 5 heteroatoms. The summed E-state index contributed by atoms with van der Waals surface area (Å²) in [6.07, 6.45) is 4.69. The Morgan fingerprint density at radius 3 is 2.95 bits per heavy atom. The number of aryl methyl sites for hydroxylation is 1. The van der Waals surface area contributed by atoms with Crippen molar-refractivity contribution in [1.29, 1.82) is 0 Å². The Morgan fingerprint density at radius 1 is 1.25 bits per heavy atom. The van der Waals surface area contributed by atoms with Crippen molar-refractivity contribution >= 4 is 6.02 Å². The summed E-state index contributed by atoms with van der Waals surface area (Å²) in [5, 5.41) is 7.01. The molecule has 0 radical (unpaired) electrons. The van der Waals surface area contributed by atoms with Crippen molar-refractivity contribution in [2.75, 3.05) is 6.61 Å². The molecule has 1 aliphatic heterocycles. The highest BCUT2D eigenvalue weighted by Crippen LogP contribution is 2.35. The van der Waals surface area contributed by atoms with Crippen molar-refractivity contribution in [3.63, 3.8) is 0 Å². The Hall–Kier alpha value is -2.30. The Labute approximate surface area is 116 Å². The molecule has 2 aliphatic rings. The van der Waals surface area contributed by atoms with Gasteiger partial charge in [0.15, 0.2) is 0 Å². The van der Waals surface area contributed by atoms with Crippen molar-refractivity contribution in [3.05, 3.63) is 41.6 Å². The Bertz CT molecular complexity index is 677. The van der Waals surface area contributed by atoms with E-state index in [0.29, 0.717) is 12.6 Å². The quantitative estimate of drug-likeness (QED) is 0.825. The van der Waals surface area contributed by atoms with E-state index in [1.54, 1.807) is 6.20 Å². The summed E-state index contributed by atoms with van der Waals surface area (Å²) in [5.41, 5.74) is 10.5. The van der Waals surface area contributed by atoms with E-state index in [0.717, 1.165) is 25.0 Å². The van der Waals surface area contributed by atoms with Crippen molar-refractivity contribution in [2.24, 2.45) is 10.7 Å². The Morgan fingerprint density at radius 2 is 2.20 bits per heavy atom. The highest BCUT2D eigenvalue weighted by Gasteiger charge is 2.39. The van der Waals surface area contributed by atoms with E-state index in [1.807, 2.05) is 6.07 Å². The lowest BCUT2D eigenvalue weighted by atomic mass is 9.78. The highest BCUT2D eigenvalue weighted by atomic mass is 16.5. The number of amidine groups is 1. The van der Waals surface area contributed by atoms with Crippen molar-refractivity contribution < 1.29 is 4.74 Å². The van der Waals surface area contributed by atoms with Gasteiger partial charge in [-0.1, -0.05) is 12.1 Å². The molecular formula is C15H16N4O. The van der Waals surface area contributed by atoms with Crippen LogP contribution in [0.25, 0.3) is 11.3 Å². The molecule has 4 rings (SSSR count). The minimum absolute atomic E-state index is 0.132. The predicted molar refractivity (Wildman–Crippen MR) is 76.4 cm³/mol. The summed E-state index contributed by atoms with van der Waals surface area (Å²) < 4.78 is 5.36. The van der Waals surface area contributed by atoms with Crippen LogP contribution in [0.3, 0.4) is 0 Å². The van der Waals surface area contributed by atoms with Gasteiger partial charge in [0.2, 0.25) is 0 Å². The van der Waals surface area contributed by atoms with Crippen LogP contribution in [0.1, 0.15) is 17.5 Å². The summed E-state index contributed by atoms with van der Waals surface area (Å²) in [5.74, 6) is 0. The lowest BCUT2D eigenvalue weighted by Crippen LogP contribution is -2.35. The average Bonchev–Trinajstić information content (AvgIpc) is 3.09. The average molecular weight is 268 g/mol. The van der Waals surface area contributed by atoms with E-state index in [1.165, 1.54) is 16.7 Å². The van der Waals surface area contributed by atoms with Gasteiger partial charge in [0.05, 0.1) is 5.69 Å². The number of aromatic nitrogens is 2. The van der Waals surface area contributed by atoms with Crippen molar-refractivity contribution in [1.82, 2.24) is 10.2 Å². The lowest BCUT2D eigenvalue weighted by molar-refractivity contribution is 0.235. The fourth-order valence-corrected chi connectivity index (χ4v) is 3.15. The number of ether oxygens (including phenoxy) is 1. The molecule has 102 valence electrons. The summed E-state index contributed by atoms with van der Waals surface area (Å²) in [6.45, 7) is 0.612. The first-order valence-electron chi connectivity index (χ1n) is 6.84. The monoisotopic (exact) mass is 268 g/mol. The number of fused-ring (bicyclic) bond motifs is 1. The van der Waals surface area contributed by atoms with Gasteiger partial charge in [0.25, 0.3) is 6.02 Å². The second kappa shape index (κ2) is 4.10. The van der Waals surface area contributed by atoms with Crippen LogP contribution >= 0.6 is 0 Å². The second-order valence-corrected chi connectivity index (χ2v) is 5.59. The van der Waals surface area contributed by atoms with Gasteiger partial charge in [-0.05, 0) is 41.7 Å². The number of hydrogen-bond acceptors (Lipinski definition) is 4. The first kappa shape index (κ1) is 11.5. The van der Waals surface area contributed by atoms with Crippen LogP contribution < -0.4 is 5.73 Å². The maximum Gasteiger partial charge on any atom is 0.282 e. The molecule has 3 N–H and O–H groups in total. The number of nitrogens with zero attached hydrogens (tertiary/aromatic N) is 2. The zero-order valence-corrected chi connectivity index (χ0v) is 11.1. The van der Waals surface area contributed by atoms with E-state index in [9.17, 15) is 0 Å². The van der Waals surface area contributed by atoms with Crippen molar-refractivity contribution in [2.45, 2.75) is 24.8 Å². The molecule has 0 bridgehead atoms. The number of rotatable bonds is 1. The molecule has 0 fully saturated rings. The molecule has 2 aromatic rings. The number of aromatic amines is 1. The SMILES string of the molecule is NC1=NC2(CCc3cc(-c4ccn[nH]4)ccc3C2)CO1. The number of hydrogen-bond donors (Lipinski definition) is 2. The normalized spacial score (nSPS) is 24.3. The smallest absolute Gasteiger partial charge is 0.282 e. The molecule has 20 heavy (non-hydrogen) atoms. The highest BCUT2D eigenvalue weighted by molar-refractivity contribution is 5.74. The van der Waals surface area contributed by atoms with Crippen LogP contribution in [0, 0.1) is 0 Å². The third-order valence-electron chi connectivity index (χ3n) is 4.23. The number of aliphatic imine (C=N–C) groups is 1. The molecule has 2 heterocycles. The van der Waals surface area contributed by atoms with Crippen LogP contribution in [-0.2, 0) is 17.6 Å². The summed E-state index contributed by atoms with van der Waals surface area (Å²) in [6, 6.07) is 8.90. The second-order valence-electron chi connectivity index (χ2n) is 5.59. The van der Waals surface area contributed by atoms with Gasteiger partial charge in [0, 0.05) is 12.6 Å². The Kier molecular flexibility index (Phi) is 2.36. The van der Waals surface area contributed by atoms with Gasteiger partial charge in [-0.15, -0.1) is 0 Å². The van der Waals surface area contributed by atoms with Crippen LogP contribution in [-0.4, -0.2) is 28.4 Å². The predicted octanol–water partition coefficient (Wildman–Crippen LogP) is 1.65. The molecule has 1 aliphatic carbocycles. The van der Waals surface area contributed by atoms with E-state index in [-0.39, 0.29) is 5.54 Å². The summed E-state index contributed by atoms with van der Waals surface area (Å²) in [7, 11) is 0. The molecule has 0 amide bonds. The fourth-order valence-electron chi connectivity index (χ4n) is 3.15. The van der Waals surface area contributed by atoms with Crippen molar-refractivity contribution in [3.8, 4) is 11.3 Å². The third-order valence-corrected chi connectivity index (χ3v) is 4.23. The topological polar surface area (TPSA) is 76.3 Å². The minimum Gasteiger partial charge on any atom is -0.463 e. The molecule has 1 aromatic heterocycles. The maximum atomic E-state index is 5.67. The van der Waals surface area contributed by atoms with Gasteiger partial charge < -0.3 is 10.5 Å². The zero-order chi connectivity index (χ0) is 13.6. The van der Waals surface area contributed by atoms with Gasteiger partial charge >= 0.3 is 0 Å². The van der Waals surface area contributed by atoms with E-state index in [4.69, 9.17) is 10.5 Å². The number of nitrogens with one attached hydrogen (secondary N) is 1. The van der Waals surface area contributed by atoms with Gasteiger partial charge in [-0.3, -0.25) is 5.10 Å². The van der Waals surface area contributed by atoms with E-state index >= 15 is 0 Å². The van der Waals surface area contributed by atoms with E-state index < -0.39 is 0 Å². The number of nitrogens with two attached hydrogens (primary N) is 1. The molecule has 0 saturated carbocycles. The Balaban J connectivity index is 1.68. The largest absolute Gasteiger partial charge is 0.463 e. The number of H-pyrrole nitrogens is 1. The van der Waals surface area contributed by atoms with Crippen LogP contribution in [0.5, 0.6) is 0 Å². The van der Waals surface area contributed by atoms with Gasteiger partial charge in [-0.2, -0.15) is 5.10 Å².